The Kier molecular flexibility index (Phi) is 5.25. The second kappa shape index (κ2) is 8.14. The zero-order chi connectivity index (χ0) is 18.5. The first-order valence-corrected chi connectivity index (χ1v) is 9.34. The van der Waals surface area contributed by atoms with Crippen LogP contribution >= 0.6 is 0 Å². The summed E-state index contributed by atoms with van der Waals surface area (Å²) in [4.78, 5) is 11.1. The highest BCUT2D eigenvalue weighted by atomic mass is 16.3. The number of nitrogens with zero attached hydrogens (tertiary/aromatic N) is 4. The van der Waals surface area contributed by atoms with Crippen LogP contribution in [0.15, 0.2) is 53.8 Å². The summed E-state index contributed by atoms with van der Waals surface area (Å²) in [6.45, 7) is 2.95. The molecule has 138 valence electrons. The number of hydrazone groups is 1. The van der Waals surface area contributed by atoms with Gasteiger partial charge in [0, 0.05) is 23.7 Å². The van der Waals surface area contributed by atoms with E-state index in [2.05, 4.69) is 25.4 Å². The van der Waals surface area contributed by atoms with Crippen molar-refractivity contribution in [2.45, 2.75) is 25.8 Å². The number of piperidine rings is 1. The number of aromatic nitrogens is 2. The largest absolute Gasteiger partial charge is 0.505 e. The molecule has 1 aliphatic heterocycles. The van der Waals surface area contributed by atoms with E-state index in [1.54, 1.807) is 12.4 Å². The summed E-state index contributed by atoms with van der Waals surface area (Å²) in [6, 6.07) is 13.4. The van der Waals surface area contributed by atoms with Crippen molar-refractivity contribution in [2.24, 2.45) is 5.10 Å². The number of hydrogen-bond acceptors (Lipinski definition) is 6. The molecule has 3 aromatic rings. The van der Waals surface area contributed by atoms with Crippen LogP contribution in [0, 0.1) is 0 Å². The van der Waals surface area contributed by atoms with E-state index >= 15 is 0 Å². The van der Waals surface area contributed by atoms with Gasteiger partial charge in [0.15, 0.2) is 0 Å². The fourth-order valence-electron chi connectivity index (χ4n) is 3.38. The Balaban J connectivity index is 1.53. The van der Waals surface area contributed by atoms with Crippen LogP contribution in [0.1, 0.15) is 30.5 Å². The molecular weight excluding hydrogens is 338 g/mol. The molecule has 27 heavy (non-hydrogen) atoms. The van der Waals surface area contributed by atoms with E-state index in [4.69, 9.17) is 0 Å². The van der Waals surface area contributed by atoms with E-state index in [9.17, 15) is 5.11 Å². The first-order chi connectivity index (χ1) is 13.3. The molecule has 3 heterocycles. The highest BCUT2D eigenvalue weighted by molar-refractivity contribution is 5.87. The van der Waals surface area contributed by atoms with Gasteiger partial charge in [-0.3, -0.25) is 15.3 Å². The molecule has 0 amide bonds. The van der Waals surface area contributed by atoms with Crippen molar-refractivity contribution in [3.8, 4) is 5.75 Å². The van der Waals surface area contributed by atoms with E-state index in [1.807, 2.05) is 42.5 Å². The van der Waals surface area contributed by atoms with Gasteiger partial charge in [-0.05, 0) is 50.2 Å². The van der Waals surface area contributed by atoms with Crippen molar-refractivity contribution in [3.63, 3.8) is 0 Å². The van der Waals surface area contributed by atoms with Gasteiger partial charge in [0.2, 0.25) is 0 Å². The number of phenols is 1. The molecule has 1 fully saturated rings. The number of hydrogen-bond donors (Lipinski definition) is 2. The number of rotatable bonds is 5. The number of nitrogens with one attached hydrogen (secondary N) is 1. The van der Waals surface area contributed by atoms with Crippen molar-refractivity contribution in [3.05, 3.63) is 59.9 Å². The van der Waals surface area contributed by atoms with E-state index < -0.39 is 0 Å². The average Bonchev–Trinajstić information content (AvgIpc) is 2.72. The molecule has 0 spiro atoms. The summed E-state index contributed by atoms with van der Waals surface area (Å²) in [7, 11) is 0. The van der Waals surface area contributed by atoms with Gasteiger partial charge in [-0.2, -0.15) is 5.10 Å². The molecule has 6 nitrogen and oxygen atoms in total. The van der Waals surface area contributed by atoms with Crippen LogP contribution < -0.4 is 5.43 Å². The van der Waals surface area contributed by atoms with Crippen LogP contribution in [-0.2, 0) is 6.54 Å². The molecule has 1 aromatic carbocycles. The van der Waals surface area contributed by atoms with Crippen LogP contribution in [0.5, 0.6) is 5.75 Å². The molecule has 0 saturated carbocycles. The first-order valence-electron chi connectivity index (χ1n) is 9.34. The molecule has 2 N–H and O–H groups in total. The second-order valence-electron chi connectivity index (χ2n) is 6.80. The number of likely N-dealkylation sites (tertiary alicyclic amines) is 1. The van der Waals surface area contributed by atoms with E-state index in [0.29, 0.717) is 11.3 Å². The van der Waals surface area contributed by atoms with Gasteiger partial charge in [0.05, 0.1) is 11.9 Å². The Bertz CT molecular complexity index is 936. The summed E-state index contributed by atoms with van der Waals surface area (Å²) >= 11 is 0. The Morgan fingerprint density at radius 1 is 1.07 bits per heavy atom. The number of anilines is 1. The predicted octanol–water partition coefficient (Wildman–Crippen LogP) is 3.77. The third-order valence-corrected chi connectivity index (χ3v) is 4.83. The second-order valence-corrected chi connectivity index (χ2v) is 6.80. The molecule has 1 aliphatic rings. The molecule has 0 bridgehead atoms. The van der Waals surface area contributed by atoms with Gasteiger partial charge in [-0.15, -0.1) is 0 Å². The highest BCUT2D eigenvalue weighted by Gasteiger charge is 2.14. The molecule has 2 aromatic heterocycles. The minimum Gasteiger partial charge on any atom is -0.505 e. The van der Waals surface area contributed by atoms with Crippen LogP contribution in [0.25, 0.3) is 10.9 Å². The van der Waals surface area contributed by atoms with Crippen molar-refractivity contribution < 1.29 is 5.11 Å². The van der Waals surface area contributed by atoms with Crippen molar-refractivity contribution in [1.29, 1.82) is 0 Å². The number of aromatic hydroxyl groups is 1. The van der Waals surface area contributed by atoms with E-state index in [0.717, 1.165) is 36.3 Å². The lowest BCUT2D eigenvalue weighted by Gasteiger charge is -2.26. The quantitative estimate of drug-likeness (QED) is 0.535. The molecule has 6 heteroatoms. The maximum absolute atomic E-state index is 10.7. The zero-order valence-electron chi connectivity index (χ0n) is 15.2. The number of pyridine rings is 2. The van der Waals surface area contributed by atoms with Gasteiger partial charge in [0.1, 0.15) is 17.1 Å². The lowest BCUT2D eigenvalue weighted by molar-refractivity contribution is 0.218. The highest BCUT2D eigenvalue weighted by Crippen LogP contribution is 2.30. The van der Waals surface area contributed by atoms with Crippen molar-refractivity contribution in [1.82, 2.24) is 14.9 Å². The minimum atomic E-state index is 0.260. The topological polar surface area (TPSA) is 73.6 Å². The molecule has 0 aliphatic carbocycles. The van der Waals surface area contributed by atoms with Crippen LogP contribution in [-0.4, -0.2) is 39.3 Å². The number of fused-ring (bicyclic) bond motifs is 1. The molecule has 0 radical (unpaired) electrons. The zero-order valence-corrected chi connectivity index (χ0v) is 15.2. The maximum Gasteiger partial charge on any atom is 0.147 e. The molecular formula is C21H23N5O. The fourth-order valence-corrected chi connectivity index (χ4v) is 3.38. The van der Waals surface area contributed by atoms with Gasteiger partial charge < -0.3 is 5.11 Å². The third-order valence-electron chi connectivity index (χ3n) is 4.83. The summed E-state index contributed by atoms with van der Waals surface area (Å²) in [5.74, 6) is 0.843. The van der Waals surface area contributed by atoms with Gasteiger partial charge in [-0.25, -0.2) is 4.98 Å². The normalized spacial score (nSPS) is 15.4. The standard InChI is InChI=1S/C21H23N5O/c27-21-17(15-26-12-4-1-5-13-26)8-7-16-9-10-19(24-20(16)21)25-23-14-18-6-2-3-11-22-18/h2-3,6-11,14,27H,1,4-5,12-13,15H2,(H,24,25)/b23-14-. The maximum atomic E-state index is 10.7. The van der Waals surface area contributed by atoms with Gasteiger partial charge >= 0.3 is 0 Å². The Morgan fingerprint density at radius 2 is 1.93 bits per heavy atom. The Hall–Kier alpha value is -2.99. The van der Waals surface area contributed by atoms with Crippen LogP contribution in [0.2, 0.25) is 0 Å². The fraction of sp³-hybridized carbons (Fsp3) is 0.286. The van der Waals surface area contributed by atoms with Crippen LogP contribution in [0.4, 0.5) is 5.82 Å². The SMILES string of the molecule is Oc1c(CN2CCCCC2)ccc2ccc(N/N=C\c3ccccn3)nc12. The summed E-state index contributed by atoms with van der Waals surface area (Å²) < 4.78 is 0. The Labute approximate surface area is 158 Å². The number of benzene rings is 1. The molecule has 4 rings (SSSR count). The summed E-state index contributed by atoms with van der Waals surface area (Å²) in [5, 5.41) is 15.8. The van der Waals surface area contributed by atoms with Gasteiger partial charge in [0.25, 0.3) is 0 Å². The number of phenolic OH excluding ortho intramolecular Hbond substituents is 1. The molecule has 0 unspecified atom stereocenters. The molecule has 0 atom stereocenters. The summed E-state index contributed by atoms with van der Waals surface area (Å²) in [5.41, 5.74) is 5.19. The minimum absolute atomic E-state index is 0.260. The molecule has 1 saturated heterocycles. The lowest BCUT2D eigenvalue weighted by Crippen LogP contribution is -2.29. The predicted molar refractivity (Wildman–Crippen MR) is 108 cm³/mol. The monoisotopic (exact) mass is 361 g/mol. The van der Waals surface area contributed by atoms with Crippen molar-refractivity contribution >= 4 is 22.9 Å². The van der Waals surface area contributed by atoms with Crippen molar-refractivity contribution in [2.75, 3.05) is 18.5 Å². The smallest absolute Gasteiger partial charge is 0.147 e. The summed E-state index contributed by atoms with van der Waals surface area (Å²) in [6.07, 6.45) is 7.12. The average molecular weight is 361 g/mol. The van der Waals surface area contributed by atoms with Crippen LogP contribution in [0.3, 0.4) is 0 Å². The Morgan fingerprint density at radius 3 is 2.74 bits per heavy atom. The van der Waals surface area contributed by atoms with E-state index in [-0.39, 0.29) is 5.75 Å². The first kappa shape index (κ1) is 17.4. The third kappa shape index (κ3) is 4.23. The van der Waals surface area contributed by atoms with E-state index in [1.165, 1.54) is 19.3 Å². The van der Waals surface area contributed by atoms with Gasteiger partial charge in [-0.1, -0.05) is 24.6 Å². The lowest BCUT2D eigenvalue weighted by atomic mass is 10.1.